The Morgan fingerprint density at radius 1 is 1.00 bits per heavy atom. The molecule has 0 bridgehead atoms. The molecule has 0 fully saturated rings. The minimum atomic E-state index is -1.45. The number of aryl methyl sites for hydroxylation is 1. The van der Waals surface area contributed by atoms with Gasteiger partial charge in [-0.25, -0.2) is 9.19 Å². The number of ether oxygens (including phenoxy) is 1. The summed E-state index contributed by atoms with van der Waals surface area (Å²) in [5, 5.41) is 0.659. The van der Waals surface area contributed by atoms with Crippen molar-refractivity contribution in [2.45, 2.75) is 18.2 Å². The fourth-order valence-corrected chi connectivity index (χ4v) is 6.90. The van der Waals surface area contributed by atoms with Gasteiger partial charge in [0.15, 0.2) is 11.0 Å². The van der Waals surface area contributed by atoms with Gasteiger partial charge in [0.2, 0.25) is 0 Å². The monoisotopic (exact) mass is 606 g/mol. The maximum atomic E-state index is 13.8. The molecule has 1 atom stereocenters. The predicted molar refractivity (Wildman–Crippen MR) is 170 cm³/mol. The Hall–Kier alpha value is -3.50. The van der Waals surface area contributed by atoms with Gasteiger partial charge in [-0.15, -0.1) is 11.3 Å². The van der Waals surface area contributed by atoms with E-state index >= 15 is 0 Å². The number of anilines is 1. The number of hydrogen-bond acceptors (Lipinski definition) is 6. The molecule has 2 aromatic heterocycles. The molecule has 0 spiro atoms. The van der Waals surface area contributed by atoms with Gasteiger partial charge in [0.05, 0.1) is 28.9 Å². The van der Waals surface area contributed by atoms with E-state index in [0.717, 1.165) is 29.0 Å². The van der Waals surface area contributed by atoms with E-state index in [-0.39, 0.29) is 5.56 Å². The summed E-state index contributed by atoms with van der Waals surface area (Å²) in [4.78, 5) is 21.9. The molecule has 0 saturated heterocycles. The molecule has 0 saturated carbocycles. The molecule has 0 radical (unpaired) electrons. The van der Waals surface area contributed by atoms with Crippen LogP contribution in [-0.4, -0.2) is 53.0 Å². The highest BCUT2D eigenvalue weighted by Crippen LogP contribution is 2.34. The Kier molecular flexibility index (Phi) is 8.89. The molecule has 212 valence electrons. The second-order valence-electron chi connectivity index (χ2n) is 9.93. The lowest BCUT2D eigenvalue weighted by Crippen LogP contribution is -2.30. The Morgan fingerprint density at radius 2 is 1.73 bits per heavy atom. The number of benzene rings is 3. The molecule has 5 aromatic rings. The van der Waals surface area contributed by atoms with Crippen LogP contribution in [0.25, 0.3) is 26.3 Å². The molecule has 0 aliphatic rings. The summed E-state index contributed by atoms with van der Waals surface area (Å²) < 4.78 is 23.5. The van der Waals surface area contributed by atoms with Gasteiger partial charge in [-0.2, -0.15) is 0 Å². The largest absolute Gasteiger partial charge is 0.494 e. The zero-order valence-electron chi connectivity index (χ0n) is 23.3. The van der Waals surface area contributed by atoms with Gasteiger partial charge in [-0.05, 0) is 82.0 Å². The first kappa shape index (κ1) is 29.0. The van der Waals surface area contributed by atoms with E-state index in [9.17, 15) is 9.00 Å². The van der Waals surface area contributed by atoms with Crippen LogP contribution < -0.4 is 14.6 Å². The van der Waals surface area contributed by atoms with Gasteiger partial charge in [0, 0.05) is 22.5 Å². The number of halogens is 1. The Labute approximate surface area is 251 Å². The molecule has 1 unspecified atom stereocenters. The molecular formula is C31H31ClN4O3S2. The predicted octanol–water partition coefficient (Wildman–Crippen LogP) is 6.57. The summed E-state index contributed by atoms with van der Waals surface area (Å²) in [6, 6.07) is 22.6. The third-order valence-corrected chi connectivity index (χ3v) is 9.53. The first-order valence-electron chi connectivity index (χ1n) is 13.1. The molecule has 10 heteroatoms. The molecule has 0 aliphatic heterocycles. The zero-order chi connectivity index (χ0) is 29.1. The topological polar surface area (TPSA) is 67.7 Å². The molecule has 5 rings (SSSR count). The minimum Gasteiger partial charge on any atom is -0.494 e. The number of thiophene rings is 1. The number of aromatic nitrogens is 2. The fraction of sp³-hybridized carbons (Fsp3) is 0.226. The molecule has 0 N–H and O–H groups in total. The van der Waals surface area contributed by atoms with Crippen LogP contribution in [0.4, 0.5) is 5.69 Å². The van der Waals surface area contributed by atoms with Crippen LogP contribution in [0.2, 0.25) is 5.02 Å². The molecule has 0 amide bonds. The summed E-state index contributed by atoms with van der Waals surface area (Å²) in [5.74, 6) is 0.521. The third kappa shape index (κ3) is 6.38. The third-order valence-electron chi connectivity index (χ3n) is 6.67. The van der Waals surface area contributed by atoms with Crippen molar-refractivity contribution in [2.24, 2.45) is 0 Å². The van der Waals surface area contributed by atoms with E-state index in [2.05, 4.69) is 9.88 Å². The number of hydrogen-bond donors (Lipinski definition) is 0. The zero-order valence-corrected chi connectivity index (χ0v) is 25.7. The molecule has 0 aliphatic carbocycles. The average Bonchev–Trinajstić information content (AvgIpc) is 3.41. The minimum absolute atomic E-state index is 0.166. The quantitative estimate of drug-likeness (QED) is 0.180. The van der Waals surface area contributed by atoms with Crippen LogP contribution in [0.5, 0.6) is 5.75 Å². The van der Waals surface area contributed by atoms with E-state index in [0.29, 0.717) is 43.8 Å². The normalized spacial score (nSPS) is 12.1. The van der Waals surface area contributed by atoms with Gasteiger partial charge < -0.3 is 9.64 Å². The summed E-state index contributed by atoms with van der Waals surface area (Å²) in [5.41, 5.74) is 3.86. The van der Waals surface area contributed by atoms with Crippen molar-refractivity contribution in [1.82, 2.24) is 14.5 Å². The summed E-state index contributed by atoms with van der Waals surface area (Å²) in [7, 11) is 4.17. The van der Waals surface area contributed by atoms with Crippen LogP contribution in [0.3, 0.4) is 0 Å². The number of methoxy groups -OCH3 is 1. The molecule has 41 heavy (non-hydrogen) atoms. The first-order valence-corrected chi connectivity index (χ1v) is 15.4. The van der Waals surface area contributed by atoms with Gasteiger partial charge in [-0.3, -0.25) is 13.7 Å². The molecule has 2 heterocycles. The van der Waals surface area contributed by atoms with E-state index in [1.165, 1.54) is 22.2 Å². The van der Waals surface area contributed by atoms with Crippen molar-refractivity contribution in [3.63, 3.8) is 0 Å². The van der Waals surface area contributed by atoms with E-state index in [4.69, 9.17) is 16.3 Å². The number of nitrogens with zero attached hydrogens (tertiary/aromatic N) is 4. The highest BCUT2D eigenvalue weighted by Gasteiger charge is 2.21. The maximum absolute atomic E-state index is 13.8. The van der Waals surface area contributed by atoms with Crippen molar-refractivity contribution in [3.05, 3.63) is 100 Å². The Balaban J connectivity index is 1.52. The van der Waals surface area contributed by atoms with Crippen molar-refractivity contribution in [2.75, 3.05) is 38.6 Å². The average molecular weight is 607 g/mol. The second-order valence-corrected chi connectivity index (χ2v) is 12.8. The summed E-state index contributed by atoms with van der Waals surface area (Å²) in [6.07, 6.45) is 2.35. The van der Waals surface area contributed by atoms with E-state index < -0.39 is 11.0 Å². The smallest absolute Gasteiger partial charge is 0.275 e. The van der Waals surface area contributed by atoms with Crippen LogP contribution in [-0.2, 0) is 11.0 Å². The van der Waals surface area contributed by atoms with Gasteiger partial charge >= 0.3 is 0 Å². The fourth-order valence-electron chi connectivity index (χ4n) is 4.48. The number of rotatable bonds is 10. The van der Waals surface area contributed by atoms with Gasteiger partial charge in [-0.1, -0.05) is 41.4 Å². The van der Waals surface area contributed by atoms with Gasteiger partial charge in [0.1, 0.15) is 16.8 Å². The van der Waals surface area contributed by atoms with Crippen molar-refractivity contribution in [3.8, 4) is 21.9 Å². The van der Waals surface area contributed by atoms with E-state index in [1.807, 2.05) is 92.1 Å². The first-order chi connectivity index (χ1) is 19.7. The Morgan fingerprint density at radius 3 is 2.41 bits per heavy atom. The lowest BCUT2D eigenvalue weighted by atomic mass is 10.2. The maximum Gasteiger partial charge on any atom is 0.275 e. The molecular weight excluding hydrogens is 576 g/mol. The van der Waals surface area contributed by atoms with Crippen molar-refractivity contribution >= 4 is 49.8 Å². The lowest BCUT2D eigenvalue weighted by molar-refractivity contribution is 0.401. The standard InChI is InChI=1S/C31H31ClN4O3S2/c1-21-6-13-25(14-7-21)41(38)36(17-5-16-34(2)3)27-15-12-24(18-28(27)39-4)35-20-33-26-19-29(40-30(26)31(35)37)22-8-10-23(32)11-9-22/h6-15,18-20H,5,16-17H2,1-4H3. The molecule has 7 nitrogen and oxygen atoms in total. The Bertz CT molecular complexity index is 1750. The highest BCUT2D eigenvalue weighted by molar-refractivity contribution is 7.86. The highest BCUT2D eigenvalue weighted by atomic mass is 35.5. The van der Waals surface area contributed by atoms with E-state index in [1.54, 1.807) is 13.2 Å². The van der Waals surface area contributed by atoms with Crippen LogP contribution >= 0.6 is 22.9 Å². The van der Waals surface area contributed by atoms with Crippen LogP contribution in [0.1, 0.15) is 12.0 Å². The van der Waals surface area contributed by atoms with Crippen molar-refractivity contribution in [1.29, 1.82) is 0 Å². The number of fused-ring (bicyclic) bond motifs is 1. The van der Waals surface area contributed by atoms with Gasteiger partial charge in [0.25, 0.3) is 5.56 Å². The molecule has 3 aromatic carbocycles. The SMILES string of the molecule is COc1cc(-n2cnc3cc(-c4ccc(Cl)cc4)sc3c2=O)ccc1N(CCCN(C)C)S(=O)c1ccc(C)cc1. The second kappa shape index (κ2) is 12.6. The summed E-state index contributed by atoms with van der Waals surface area (Å²) >= 11 is 7.44. The lowest BCUT2D eigenvalue weighted by Gasteiger charge is -2.26. The van der Waals surface area contributed by atoms with Crippen LogP contribution in [0, 0.1) is 6.92 Å². The van der Waals surface area contributed by atoms with Crippen molar-refractivity contribution < 1.29 is 8.95 Å². The van der Waals surface area contributed by atoms with Crippen LogP contribution in [0.15, 0.2) is 88.8 Å². The summed E-state index contributed by atoms with van der Waals surface area (Å²) in [6.45, 7) is 3.42.